The number of nitrogens with two attached hydrogens (primary N) is 1. The number of hydrogen-bond acceptors (Lipinski definition) is 10. The van der Waals surface area contributed by atoms with E-state index in [0.29, 0.717) is 29.1 Å². The molecule has 0 aliphatic rings. The molecule has 4 rings (SSSR count). The summed E-state index contributed by atoms with van der Waals surface area (Å²) in [5.41, 5.74) is 9.45. The molecule has 0 atom stereocenters. The molecular formula is C26H30F3N7O4. The van der Waals surface area contributed by atoms with E-state index in [0.717, 1.165) is 47.5 Å². The maximum atomic E-state index is 10.6. The van der Waals surface area contributed by atoms with Crippen molar-refractivity contribution in [3.05, 3.63) is 41.6 Å². The fourth-order valence-electron chi connectivity index (χ4n) is 3.81. The monoisotopic (exact) mass is 561 g/mol. The van der Waals surface area contributed by atoms with Crippen molar-refractivity contribution in [1.82, 2.24) is 24.8 Å². The molecular weight excluding hydrogens is 531 g/mol. The Morgan fingerprint density at radius 3 is 2.30 bits per heavy atom. The summed E-state index contributed by atoms with van der Waals surface area (Å²) in [6.45, 7) is 11.6. The Labute approximate surface area is 227 Å². The average molecular weight is 562 g/mol. The number of nitrogens with zero attached hydrogens (tertiary/aromatic N) is 5. The third-order valence-corrected chi connectivity index (χ3v) is 5.89. The predicted octanol–water partition coefficient (Wildman–Crippen LogP) is 4.58. The van der Waals surface area contributed by atoms with Gasteiger partial charge in [0, 0.05) is 17.6 Å². The molecule has 2 aromatic heterocycles. The van der Waals surface area contributed by atoms with E-state index in [1.807, 2.05) is 32.0 Å². The predicted molar refractivity (Wildman–Crippen MR) is 145 cm³/mol. The van der Waals surface area contributed by atoms with Gasteiger partial charge >= 0.3 is 12.1 Å². The number of carboxylic acids is 1. The van der Waals surface area contributed by atoms with Gasteiger partial charge in [0.2, 0.25) is 17.8 Å². The van der Waals surface area contributed by atoms with Gasteiger partial charge in [0.15, 0.2) is 0 Å². The van der Waals surface area contributed by atoms with Crippen molar-refractivity contribution in [3.8, 4) is 11.6 Å². The number of carboxylic acid groups (broad SMARTS) is 1. The molecule has 11 nitrogen and oxygen atoms in total. The first-order valence-corrected chi connectivity index (χ1v) is 12.3. The van der Waals surface area contributed by atoms with Crippen molar-refractivity contribution >= 4 is 45.4 Å². The first kappa shape index (κ1) is 30.1. The van der Waals surface area contributed by atoms with E-state index < -0.39 is 12.1 Å². The summed E-state index contributed by atoms with van der Waals surface area (Å²) in [7, 11) is 0. The molecule has 214 valence electrons. The lowest BCUT2D eigenvalue weighted by Gasteiger charge is -2.18. The molecule has 0 spiro atoms. The molecule has 40 heavy (non-hydrogen) atoms. The highest BCUT2D eigenvalue weighted by atomic mass is 19.4. The standard InChI is InChI=1S/C24H29N7O2.C2HF3O2/c1-5-31(6-2)9-10-33-17-7-8-20-18(13-17)15(4)26-23(27-20)30-24-28-21-14(3)11-16(25)12-19(21)22(32)29-24;3-2(4,5)1(6)7/h7-8,11-13H,5-6,9-10,25H2,1-4H3,(H2,26,27,28,29,30,32);(H,6,7). The Kier molecular flexibility index (Phi) is 9.47. The number of aromatic hydroxyl groups is 1. The van der Waals surface area contributed by atoms with Crippen molar-refractivity contribution in [2.75, 3.05) is 37.3 Å². The van der Waals surface area contributed by atoms with Gasteiger partial charge in [-0.1, -0.05) is 13.8 Å². The van der Waals surface area contributed by atoms with Crippen molar-refractivity contribution in [3.63, 3.8) is 0 Å². The molecule has 2 aromatic carbocycles. The molecule has 2 heterocycles. The van der Waals surface area contributed by atoms with Gasteiger partial charge < -0.3 is 25.6 Å². The minimum absolute atomic E-state index is 0.151. The first-order valence-electron chi connectivity index (χ1n) is 12.3. The fraction of sp³-hybridized carbons (Fsp3) is 0.346. The molecule has 4 aromatic rings. The van der Waals surface area contributed by atoms with Gasteiger partial charge in [0.1, 0.15) is 12.4 Å². The number of aliphatic carboxylic acids is 1. The molecule has 5 N–H and O–H groups in total. The molecule has 0 radical (unpaired) electrons. The van der Waals surface area contributed by atoms with E-state index in [-0.39, 0.29) is 11.8 Å². The number of anilines is 3. The molecule has 0 bridgehead atoms. The number of nitrogens with one attached hydrogen (secondary N) is 1. The maximum Gasteiger partial charge on any atom is 0.490 e. The van der Waals surface area contributed by atoms with E-state index in [2.05, 4.69) is 44.0 Å². The molecule has 0 saturated heterocycles. The number of halogens is 3. The molecule has 14 heteroatoms. The summed E-state index contributed by atoms with van der Waals surface area (Å²) >= 11 is 0. The van der Waals surface area contributed by atoms with Crippen molar-refractivity contribution in [2.24, 2.45) is 0 Å². The summed E-state index contributed by atoms with van der Waals surface area (Å²) in [6, 6.07) is 9.24. The zero-order valence-corrected chi connectivity index (χ0v) is 22.4. The van der Waals surface area contributed by atoms with Crippen molar-refractivity contribution in [2.45, 2.75) is 33.9 Å². The van der Waals surface area contributed by atoms with Gasteiger partial charge in [0.25, 0.3) is 0 Å². The van der Waals surface area contributed by atoms with Gasteiger partial charge in [0.05, 0.1) is 22.1 Å². The lowest BCUT2D eigenvalue weighted by atomic mass is 10.1. The summed E-state index contributed by atoms with van der Waals surface area (Å²) in [5.74, 6) is -1.56. The van der Waals surface area contributed by atoms with Crippen LogP contribution in [0.5, 0.6) is 11.6 Å². The van der Waals surface area contributed by atoms with Crippen LogP contribution >= 0.6 is 0 Å². The normalized spacial score (nSPS) is 11.4. The van der Waals surface area contributed by atoms with E-state index in [9.17, 15) is 18.3 Å². The van der Waals surface area contributed by atoms with Crippen LogP contribution in [0, 0.1) is 13.8 Å². The van der Waals surface area contributed by atoms with Gasteiger partial charge in [-0.25, -0.2) is 19.7 Å². The van der Waals surface area contributed by atoms with Crippen LogP contribution < -0.4 is 15.8 Å². The number of aromatic nitrogens is 4. The van der Waals surface area contributed by atoms with E-state index in [4.69, 9.17) is 20.4 Å². The number of carbonyl (C=O) groups is 1. The van der Waals surface area contributed by atoms with Gasteiger partial charge in [-0.3, -0.25) is 5.32 Å². The van der Waals surface area contributed by atoms with Crippen LogP contribution in [0.1, 0.15) is 25.1 Å². The van der Waals surface area contributed by atoms with Crippen LogP contribution in [-0.4, -0.2) is 73.4 Å². The Balaban J connectivity index is 0.000000559. The SMILES string of the molecule is CCN(CC)CCOc1ccc2nc(Nc3nc(O)c4cc(N)cc(C)c4n3)nc(C)c2c1.O=C(O)C(F)(F)F. The Hall–Kier alpha value is -4.46. The fourth-order valence-corrected chi connectivity index (χ4v) is 3.81. The highest BCUT2D eigenvalue weighted by Gasteiger charge is 2.38. The van der Waals surface area contributed by atoms with Crippen LogP contribution in [0.15, 0.2) is 30.3 Å². The minimum Gasteiger partial charge on any atom is -0.493 e. The number of rotatable bonds is 8. The van der Waals surface area contributed by atoms with Crippen LogP contribution in [0.2, 0.25) is 0 Å². The second-order valence-corrected chi connectivity index (χ2v) is 8.72. The van der Waals surface area contributed by atoms with Gasteiger partial charge in [-0.2, -0.15) is 18.2 Å². The number of likely N-dealkylation sites (N-methyl/N-ethyl adjacent to an activating group) is 1. The largest absolute Gasteiger partial charge is 0.493 e. The molecule has 0 fully saturated rings. The molecule has 0 amide bonds. The number of benzene rings is 2. The number of fused-ring (bicyclic) bond motifs is 2. The van der Waals surface area contributed by atoms with Crippen LogP contribution in [0.3, 0.4) is 0 Å². The smallest absolute Gasteiger partial charge is 0.490 e. The van der Waals surface area contributed by atoms with Crippen LogP contribution in [0.25, 0.3) is 21.8 Å². The molecule has 0 unspecified atom stereocenters. The number of nitrogen functional groups attached to an aromatic ring is 1. The third kappa shape index (κ3) is 7.56. The Bertz CT molecular complexity index is 1510. The van der Waals surface area contributed by atoms with E-state index in [1.54, 1.807) is 12.1 Å². The van der Waals surface area contributed by atoms with Gasteiger partial charge in [-0.05, 0) is 62.8 Å². The summed E-state index contributed by atoms with van der Waals surface area (Å²) in [4.78, 5) is 29.0. The first-order chi connectivity index (χ1) is 18.8. The summed E-state index contributed by atoms with van der Waals surface area (Å²) in [5, 5.41) is 21.9. The second kappa shape index (κ2) is 12.6. The highest BCUT2D eigenvalue weighted by Crippen LogP contribution is 2.29. The molecule has 0 saturated carbocycles. The Morgan fingerprint density at radius 1 is 1.02 bits per heavy atom. The Morgan fingerprint density at radius 2 is 1.68 bits per heavy atom. The highest BCUT2D eigenvalue weighted by molar-refractivity contribution is 5.90. The number of aryl methyl sites for hydroxylation is 2. The van der Waals surface area contributed by atoms with Crippen LogP contribution in [0.4, 0.5) is 30.8 Å². The third-order valence-electron chi connectivity index (χ3n) is 5.89. The zero-order chi connectivity index (χ0) is 29.6. The molecule has 0 aliphatic heterocycles. The lowest BCUT2D eigenvalue weighted by molar-refractivity contribution is -0.192. The quantitative estimate of drug-likeness (QED) is 0.223. The number of hydrogen-bond donors (Lipinski definition) is 4. The second-order valence-electron chi connectivity index (χ2n) is 8.72. The topological polar surface area (TPSA) is 160 Å². The zero-order valence-electron chi connectivity index (χ0n) is 22.4. The molecule has 0 aliphatic carbocycles. The number of alkyl halides is 3. The van der Waals surface area contributed by atoms with Crippen molar-refractivity contribution in [1.29, 1.82) is 0 Å². The van der Waals surface area contributed by atoms with E-state index in [1.165, 1.54) is 0 Å². The summed E-state index contributed by atoms with van der Waals surface area (Å²) in [6.07, 6.45) is -5.08. The van der Waals surface area contributed by atoms with Crippen molar-refractivity contribution < 1.29 is 32.9 Å². The minimum atomic E-state index is -5.08. The van der Waals surface area contributed by atoms with E-state index >= 15 is 0 Å². The summed E-state index contributed by atoms with van der Waals surface area (Å²) < 4.78 is 37.7. The van der Waals surface area contributed by atoms with Gasteiger partial charge in [-0.15, -0.1) is 0 Å². The van der Waals surface area contributed by atoms with Crippen LogP contribution in [-0.2, 0) is 4.79 Å². The maximum absolute atomic E-state index is 10.6. The number of ether oxygens (including phenoxy) is 1. The lowest BCUT2D eigenvalue weighted by Crippen LogP contribution is -2.27. The average Bonchev–Trinajstić information content (AvgIpc) is 2.87.